The van der Waals surface area contributed by atoms with E-state index in [1.807, 2.05) is 0 Å². The lowest BCUT2D eigenvalue weighted by molar-refractivity contribution is -0.163. The Hall–Kier alpha value is -1.72. The first-order valence-electron chi connectivity index (χ1n) is 4.77. The molecule has 0 fully saturated rings. The molecule has 0 aliphatic carbocycles. The number of methoxy groups -OCH3 is 1. The zero-order valence-corrected chi connectivity index (χ0v) is 8.99. The molecule has 0 aromatic heterocycles. The molecular weight excluding hydrogens is 237 g/mol. The van der Waals surface area contributed by atoms with Gasteiger partial charge in [0, 0.05) is 0 Å². The molecule has 0 aliphatic rings. The second kappa shape index (κ2) is 5.07. The Morgan fingerprint density at radius 2 is 1.88 bits per heavy atom. The zero-order chi connectivity index (χ0) is 13.1. The Morgan fingerprint density at radius 3 is 2.24 bits per heavy atom. The number of aliphatic carboxylic acids is 1. The second-order valence-electron chi connectivity index (χ2n) is 3.47. The van der Waals surface area contributed by atoms with Crippen molar-refractivity contribution in [1.29, 1.82) is 0 Å². The van der Waals surface area contributed by atoms with Crippen LogP contribution in [-0.2, 0) is 4.79 Å². The van der Waals surface area contributed by atoms with E-state index in [0.717, 1.165) is 0 Å². The minimum atomic E-state index is -4.58. The molecule has 1 aromatic rings. The first kappa shape index (κ1) is 13.3. The molecule has 0 aliphatic heterocycles. The molecule has 0 saturated carbocycles. The molecule has 0 radical (unpaired) electrons. The van der Waals surface area contributed by atoms with Crippen molar-refractivity contribution < 1.29 is 27.8 Å². The van der Waals surface area contributed by atoms with E-state index in [1.54, 1.807) is 0 Å². The third kappa shape index (κ3) is 3.65. The largest absolute Gasteiger partial charge is 0.497 e. The van der Waals surface area contributed by atoms with E-state index >= 15 is 0 Å². The van der Waals surface area contributed by atoms with Gasteiger partial charge in [0.2, 0.25) is 0 Å². The van der Waals surface area contributed by atoms with Crippen molar-refractivity contribution in [3.8, 4) is 5.75 Å². The number of rotatable bonds is 4. The average Bonchev–Trinajstić information content (AvgIpc) is 2.24. The molecule has 17 heavy (non-hydrogen) atoms. The van der Waals surface area contributed by atoms with E-state index in [4.69, 9.17) is 9.84 Å². The number of alkyl halides is 3. The predicted octanol–water partition coefficient (Wildman–Crippen LogP) is 2.82. The van der Waals surface area contributed by atoms with Gasteiger partial charge in [-0.1, -0.05) is 12.1 Å². The van der Waals surface area contributed by atoms with Gasteiger partial charge in [0.15, 0.2) is 0 Å². The average molecular weight is 248 g/mol. The number of hydrogen-bond donors (Lipinski definition) is 1. The maximum atomic E-state index is 12.7. The fraction of sp³-hybridized carbons (Fsp3) is 0.364. The molecule has 1 aromatic carbocycles. The molecule has 1 unspecified atom stereocenters. The van der Waals surface area contributed by atoms with E-state index in [0.29, 0.717) is 5.75 Å². The maximum absolute atomic E-state index is 12.7. The van der Waals surface area contributed by atoms with Gasteiger partial charge in [-0.3, -0.25) is 4.79 Å². The van der Waals surface area contributed by atoms with Crippen molar-refractivity contribution in [2.75, 3.05) is 7.11 Å². The van der Waals surface area contributed by atoms with Gasteiger partial charge in [-0.2, -0.15) is 13.2 Å². The summed E-state index contributed by atoms with van der Waals surface area (Å²) in [5, 5.41) is 8.48. The topological polar surface area (TPSA) is 46.5 Å². The van der Waals surface area contributed by atoms with Crippen LogP contribution in [0.25, 0.3) is 0 Å². The van der Waals surface area contributed by atoms with Crippen LogP contribution in [0, 0.1) is 0 Å². The van der Waals surface area contributed by atoms with Crippen molar-refractivity contribution in [1.82, 2.24) is 0 Å². The van der Waals surface area contributed by atoms with E-state index < -0.39 is 24.5 Å². The first-order valence-corrected chi connectivity index (χ1v) is 4.77. The highest BCUT2D eigenvalue weighted by atomic mass is 19.4. The number of ether oxygens (including phenoxy) is 1. The van der Waals surface area contributed by atoms with Crippen molar-refractivity contribution in [2.45, 2.75) is 18.5 Å². The molecule has 0 heterocycles. The van der Waals surface area contributed by atoms with Gasteiger partial charge in [0.1, 0.15) is 5.75 Å². The van der Waals surface area contributed by atoms with Crippen LogP contribution in [0.3, 0.4) is 0 Å². The summed E-state index contributed by atoms with van der Waals surface area (Å²) in [6.45, 7) is 0. The van der Waals surface area contributed by atoms with Gasteiger partial charge >= 0.3 is 12.1 Å². The fourth-order valence-electron chi connectivity index (χ4n) is 1.43. The molecule has 0 bridgehead atoms. The first-order chi connectivity index (χ1) is 7.84. The van der Waals surface area contributed by atoms with Crippen LogP contribution in [0.1, 0.15) is 17.9 Å². The van der Waals surface area contributed by atoms with Crippen molar-refractivity contribution >= 4 is 5.97 Å². The van der Waals surface area contributed by atoms with Crippen LogP contribution in [0.15, 0.2) is 24.3 Å². The van der Waals surface area contributed by atoms with Crippen LogP contribution in [0.5, 0.6) is 5.75 Å². The van der Waals surface area contributed by atoms with Gasteiger partial charge in [0.05, 0.1) is 19.4 Å². The quantitative estimate of drug-likeness (QED) is 0.891. The fourth-order valence-corrected chi connectivity index (χ4v) is 1.43. The van der Waals surface area contributed by atoms with Gasteiger partial charge < -0.3 is 9.84 Å². The Labute approximate surface area is 95.8 Å². The Morgan fingerprint density at radius 1 is 1.35 bits per heavy atom. The summed E-state index contributed by atoms with van der Waals surface area (Å²) in [6.07, 6.45) is -5.55. The van der Waals surface area contributed by atoms with Gasteiger partial charge in [0.25, 0.3) is 0 Å². The summed E-state index contributed by atoms with van der Waals surface area (Å²) in [5.74, 6) is -3.06. The molecule has 3 nitrogen and oxygen atoms in total. The van der Waals surface area contributed by atoms with Gasteiger partial charge in [-0.25, -0.2) is 0 Å². The van der Waals surface area contributed by atoms with Gasteiger partial charge in [-0.15, -0.1) is 0 Å². The SMILES string of the molecule is COc1ccc(C(CC(=O)O)C(F)(F)F)cc1. The Bertz CT molecular complexity index is 384. The molecule has 1 atom stereocenters. The third-order valence-corrected chi connectivity index (χ3v) is 2.29. The van der Waals surface area contributed by atoms with Crippen molar-refractivity contribution in [2.24, 2.45) is 0 Å². The lowest BCUT2D eigenvalue weighted by atomic mass is 9.95. The second-order valence-corrected chi connectivity index (χ2v) is 3.47. The molecule has 6 heteroatoms. The predicted molar refractivity (Wildman–Crippen MR) is 54.0 cm³/mol. The Balaban J connectivity index is 3.00. The van der Waals surface area contributed by atoms with E-state index in [-0.39, 0.29) is 5.56 Å². The van der Waals surface area contributed by atoms with Crippen LogP contribution >= 0.6 is 0 Å². The molecule has 1 N–H and O–H groups in total. The summed E-state index contributed by atoms with van der Waals surface area (Å²) >= 11 is 0. The molecule has 0 amide bonds. The summed E-state index contributed by atoms with van der Waals surface area (Å²) in [6, 6.07) is 5.19. The number of benzene rings is 1. The highest BCUT2D eigenvalue weighted by Crippen LogP contribution is 2.37. The minimum absolute atomic E-state index is 0.0827. The summed E-state index contributed by atoms with van der Waals surface area (Å²) in [7, 11) is 1.40. The van der Waals surface area contributed by atoms with Crippen LogP contribution in [-0.4, -0.2) is 24.4 Å². The number of halogens is 3. The minimum Gasteiger partial charge on any atom is -0.497 e. The highest BCUT2D eigenvalue weighted by molar-refractivity contribution is 5.68. The smallest absolute Gasteiger partial charge is 0.396 e. The van der Waals surface area contributed by atoms with E-state index in [2.05, 4.69) is 0 Å². The molecular formula is C11H11F3O3. The lowest BCUT2D eigenvalue weighted by Crippen LogP contribution is -2.23. The van der Waals surface area contributed by atoms with E-state index in [1.165, 1.54) is 31.4 Å². The van der Waals surface area contributed by atoms with Crippen molar-refractivity contribution in [3.05, 3.63) is 29.8 Å². The summed E-state index contributed by atoms with van der Waals surface area (Å²) in [5.41, 5.74) is -0.0827. The number of carbonyl (C=O) groups is 1. The van der Waals surface area contributed by atoms with Crippen molar-refractivity contribution in [3.63, 3.8) is 0 Å². The normalized spacial score (nSPS) is 13.2. The number of carboxylic acid groups (broad SMARTS) is 1. The van der Waals surface area contributed by atoms with Crippen LogP contribution < -0.4 is 4.74 Å². The molecule has 0 spiro atoms. The summed E-state index contributed by atoms with van der Waals surface area (Å²) < 4.78 is 42.8. The zero-order valence-electron chi connectivity index (χ0n) is 8.99. The highest BCUT2D eigenvalue weighted by Gasteiger charge is 2.41. The molecule has 0 saturated heterocycles. The van der Waals surface area contributed by atoms with Gasteiger partial charge in [-0.05, 0) is 17.7 Å². The van der Waals surface area contributed by atoms with E-state index in [9.17, 15) is 18.0 Å². The molecule has 94 valence electrons. The summed E-state index contributed by atoms with van der Waals surface area (Å²) in [4.78, 5) is 10.4. The van der Waals surface area contributed by atoms with Crippen LogP contribution in [0.2, 0.25) is 0 Å². The lowest BCUT2D eigenvalue weighted by Gasteiger charge is -2.19. The monoisotopic (exact) mass is 248 g/mol. The Kier molecular flexibility index (Phi) is 3.98. The van der Waals surface area contributed by atoms with Crippen LogP contribution in [0.4, 0.5) is 13.2 Å². The molecule has 1 rings (SSSR count). The number of carboxylic acids is 1. The number of hydrogen-bond acceptors (Lipinski definition) is 2. The third-order valence-electron chi connectivity index (χ3n) is 2.29. The standard InChI is InChI=1S/C11H11F3O3/c1-17-8-4-2-7(3-5-8)9(6-10(15)16)11(12,13)14/h2-5,9H,6H2,1H3,(H,15,16). The maximum Gasteiger partial charge on any atom is 0.396 e.